The number of methoxy groups -OCH3 is 1. The van der Waals surface area contributed by atoms with Crippen molar-refractivity contribution < 1.29 is 23.6 Å². The fraction of sp³-hybridized carbons (Fsp3) is 0.667. The predicted molar refractivity (Wildman–Crippen MR) is 40.0 cm³/mol. The zero-order valence-corrected chi connectivity index (χ0v) is 7.67. The highest BCUT2D eigenvalue weighted by molar-refractivity contribution is 7.23. The predicted octanol–water partition coefficient (Wildman–Crippen LogP) is 0.383. The van der Waals surface area contributed by atoms with E-state index in [2.05, 4.69) is 9.47 Å². The molecular formula is C6H9O5P. The Bertz CT molecular complexity index is 190. The van der Waals surface area contributed by atoms with Crippen molar-refractivity contribution in [2.24, 2.45) is 0 Å². The van der Waals surface area contributed by atoms with Gasteiger partial charge >= 0.3 is 11.9 Å². The fourth-order valence-electron chi connectivity index (χ4n) is 0.559. The molecule has 5 nitrogen and oxygen atoms in total. The Morgan fingerprint density at radius 2 is 2.08 bits per heavy atom. The number of ether oxygens (including phenoxy) is 2. The molecule has 68 valence electrons. The van der Waals surface area contributed by atoms with E-state index in [0.717, 1.165) is 6.92 Å². The molecule has 0 aliphatic carbocycles. The third-order valence-electron chi connectivity index (χ3n) is 1.01. The molecule has 0 rings (SSSR count). The summed E-state index contributed by atoms with van der Waals surface area (Å²) in [6, 6.07) is 0. The Labute approximate surface area is 71.2 Å². The topological polar surface area (TPSA) is 69.7 Å². The van der Waals surface area contributed by atoms with Crippen molar-refractivity contribution in [3.63, 3.8) is 0 Å². The number of rotatable bonds is 4. The second kappa shape index (κ2) is 5.66. The van der Waals surface area contributed by atoms with Gasteiger partial charge in [-0.05, 0) is 0 Å². The molecule has 6 heteroatoms. The van der Waals surface area contributed by atoms with Crippen molar-refractivity contribution >= 4 is 20.4 Å². The maximum Gasteiger partial charge on any atom is 0.348 e. The molecule has 0 fully saturated rings. The molecule has 12 heavy (non-hydrogen) atoms. The molecular weight excluding hydrogens is 183 g/mol. The maximum atomic E-state index is 10.8. The summed E-state index contributed by atoms with van der Waals surface area (Å²) in [5, 5.41) is 0. The van der Waals surface area contributed by atoms with Crippen molar-refractivity contribution in [1.82, 2.24) is 0 Å². The monoisotopic (exact) mass is 192 g/mol. The van der Waals surface area contributed by atoms with Crippen LogP contribution in [-0.4, -0.2) is 31.3 Å². The van der Waals surface area contributed by atoms with Crippen LogP contribution in [0.4, 0.5) is 0 Å². The van der Waals surface area contributed by atoms with Crippen LogP contribution in [0.2, 0.25) is 0 Å². The summed E-state index contributed by atoms with van der Waals surface area (Å²) >= 11 is 0. The van der Waals surface area contributed by atoms with Gasteiger partial charge in [0.05, 0.1) is 13.3 Å². The molecule has 1 atom stereocenters. The minimum Gasteiger partial charge on any atom is -0.466 e. The quantitative estimate of drug-likeness (QED) is 0.475. The van der Waals surface area contributed by atoms with Gasteiger partial charge in [0.2, 0.25) is 6.10 Å². The molecule has 1 unspecified atom stereocenters. The molecule has 0 aromatic carbocycles. The van der Waals surface area contributed by atoms with E-state index in [-0.39, 0.29) is 14.6 Å². The molecule has 0 radical (unpaired) electrons. The summed E-state index contributed by atoms with van der Waals surface area (Å²) in [5.74, 6) is -1.30. The van der Waals surface area contributed by atoms with Crippen molar-refractivity contribution in [3.05, 3.63) is 0 Å². The van der Waals surface area contributed by atoms with Gasteiger partial charge in [-0.25, -0.2) is 4.79 Å². The number of hydrogen-bond donors (Lipinski definition) is 0. The summed E-state index contributed by atoms with van der Waals surface area (Å²) in [6.07, 6.45) is -1.14. The van der Waals surface area contributed by atoms with E-state index in [1.807, 2.05) is 0 Å². The third kappa shape index (κ3) is 4.03. The van der Waals surface area contributed by atoms with Crippen LogP contribution in [0, 0.1) is 0 Å². The Morgan fingerprint density at radius 3 is 2.42 bits per heavy atom. The molecule has 0 spiro atoms. The highest BCUT2D eigenvalue weighted by Gasteiger charge is 2.21. The van der Waals surface area contributed by atoms with Crippen LogP contribution >= 0.6 is 8.46 Å². The van der Waals surface area contributed by atoms with Gasteiger partial charge in [0.15, 0.2) is 8.46 Å². The van der Waals surface area contributed by atoms with E-state index in [4.69, 9.17) is 0 Å². The van der Waals surface area contributed by atoms with Crippen LogP contribution in [0.25, 0.3) is 0 Å². The molecule has 0 aliphatic rings. The molecule has 0 aliphatic heterocycles. The van der Waals surface area contributed by atoms with Crippen LogP contribution in [0.3, 0.4) is 0 Å². The minimum atomic E-state index is -1.06. The van der Waals surface area contributed by atoms with Crippen LogP contribution in [0.1, 0.15) is 6.92 Å². The highest BCUT2D eigenvalue weighted by Crippen LogP contribution is 2.03. The molecule has 0 saturated carbocycles. The van der Waals surface area contributed by atoms with Gasteiger partial charge in [-0.1, -0.05) is 0 Å². The zero-order chi connectivity index (χ0) is 9.56. The molecule has 0 bridgehead atoms. The minimum absolute atomic E-state index is 0.0771. The Hall–Kier alpha value is -0.960. The second-order valence-corrected chi connectivity index (χ2v) is 2.56. The number of carbonyl (C=O) groups is 2. The lowest BCUT2D eigenvalue weighted by atomic mass is 10.4. The highest BCUT2D eigenvalue weighted by atomic mass is 31.1. The lowest BCUT2D eigenvalue weighted by Crippen LogP contribution is -2.29. The van der Waals surface area contributed by atoms with E-state index >= 15 is 0 Å². The van der Waals surface area contributed by atoms with Crippen LogP contribution in [-0.2, 0) is 23.6 Å². The van der Waals surface area contributed by atoms with Gasteiger partial charge in [-0.2, -0.15) is 0 Å². The van der Waals surface area contributed by atoms with Gasteiger partial charge in [0.25, 0.3) is 0 Å². The van der Waals surface area contributed by atoms with E-state index in [9.17, 15) is 14.2 Å². The van der Waals surface area contributed by atoms with Crippen molar-refractivity contribution in [2.75, 3.05) is 13.3 Å². The number of hydrogen-bond acceptors (Lipinski definition) is 5. The van der Waals surface area contributed by atoms with Crippen LogP contribution in [0.15, 0.2) is 0 Å². The van der Waals surface area contributed by atoms with Crippen LogP contribution < -0.4 is 0 Å². The molecule has 0 heterocycles. The summed E-state index contributed by atoms with van der Waals surface area (Å²) in [6.45, 7) is 1.16. The Balaban J connectivity index is 4.11. The fourth-order valence-corrected chi connectivity index (χ4v) is 0.918. The van der Waals surface area contributed by atoms with E-state index in [1.165, 1.54) is 7.11 Å². The first-order valence-corrected chi connectivity index (χ1v) is 4.15. The number of carbonyl (C=O) groups excluding carboxylic acids is 2. The summed E-state index contributed by atoms with van der Waals surface area (Å²) < 4.78 is 18.9. The van der Waals surface area contributed by atoms with Gasteiger partial charge < -0.3 is 9.47 Å². The Morgan fingerprint density at radius 1 is 1.50 bits per heavy atom. The van der Waals surface area contributed by atoms with E-state index < -0.39 is 18.0 Å². The van der Waals surface area contributed by atoms with Crippen molar-refractivity contribution in [2.45, 2.75) is 13.0 Å². The first-order valence-electron chi connectivity index (χ1n) is 3.16. The number of esters is 2. The molecule has 0 amide bonds. The lowest BCUT2D eigenvalue weighted by Gasteiger charge is -2.10. The second-order valence-electron chi connectivity index (χ2n) is 1.93. The van der Waals surface area contributed by atoms with E-state index in [1.54, 1.807) is 0 Å². The summed E-state index contributed by atoms with van der Waals surface area (Å²) in [4.78, 5) is 21.2. The van der Waals surface area contributed by atoms with Gasteiger partial charge in [0, 0.05) is 6.92 Å². The van der Waals surface area contributed by atoms with Gasteiger partial charge in [0.1, 0.15) is 0 Å². The lowest BCUT2D eigenvalue weighted by molar-refractivity contribution is -0.162. The molecule has 0 aromatic heterocycles. The van der Waals surface area contributed by atoms with Gasteiger partial charge in [-0.3, -0.25) is 9.36 Å². The summed E-state index contributed by atoms with van der Waals surface area (Å²) in [7, 11) is 0.904. The maximum absolute atomic E-state index is 10.8. The largest absolute Gasteiger partial charge is 0.466 e. The normalized spacial score (nSPS) is 12.2. The standard InChI is InChI=1S/C6H9O5P/c1-4(7)11-5(3-12-9)6(8)10-2/h5H,3H2,1-2H3. The van der Waals surface area contributed by atoms with Gasteiger partial charge in [-0.15, -0.1) is 0 Å². The zero-order valence-electron chi connectivity index (χ0n) is 6.77. The summed E-state index contributed by atoms with van der Waals surface area (Å²) in [5.41, 5.74) is 0. The first kappa shape index (κ1) is 11.0. The first-order chi connectivity index (χ1) is 5.61. The SMILES string of the molecule is COC(=O)C(CP=O)OC(C)=O. The molecule has 0 saturated heterocycles. The average Bonchev–Trinajstić information content (AvgIpc) is 2.01. The van der Waals surface area contributed by atoms with Crippen LogP contribution in [0.5, 0.6) is 0 Å². The third-order valence-corrected chi connectivity index (χ3v) is 1.49. The molecule has 0 aromatic rings. The Kier molecular flexibility index (Phi) is 5.21. The molecule has 0 N–H and O–H groups in total. The van der Waals surface area contributed by atoms with Crippen molar-refractivity contribution in [1.29, 1.82) is 0 Å². The van der Waals surface area contributed by atoms with E-state index in [0.29, 0.717) is 0 Å². The van der Waals surface area contributed by atoms with Crippen molar-refractivity contribution in [3.8, 4) is 0 Å². The smallest absolute Gasteiger partial charge is 0.348 e. The average molecular weight is 192 g/mol.